The molecule has 1 N–H and O–H groups in total. The molecule has 1 saturated heterocycles. The largest absolute Gasteiger partial charge is 0.457 e. The van der Waals surface area contributed by atoms with Gasteiger partial charge in [-0.1, -0.05) is 30.3 Å². The van der Waals surface area contributed by atoms with E-state index in [0.717, 1.165) is 23.5 Å². The molecule has 2 aromatic carbocycles. The number of aliphatic hydroxyl groups is 1. The standard InChI is InChI=1S/C16H16O2S/c17-16(10-15-11-19-15)12-6-8-14(9-7-12)18-13-4-2-1-3-5-13/h1-9,15-17H,10-11H2. The fourth-order valence-electron chi connectivity index (χ4n) is 1.97. The zero-order valence-electron chi connectivity index (χ0n) is 10.5. The molecule has 1 aliphatic heterocycles. The summed E-state index contributed by atoms with van der Waals surface area (Å²) in [7, 11) is 0. The van der Waals surface area contributed by atoms with Crippen molar-refractivity contribution in [3.8, 4) is 11.5 Å². The summed E-state index contributed by atoms with van der Waals surface area (Å²) in [6.07, 6.45) is 0.495. The lowest BCUT2D eigenvalue weighted by Gasteiger charge is -2.11. The maximum absolute atomic E-state index is 10.1. The number of thioether (sulfide) groups is 1. The van der Waals surface area contributed by atoms with Crippen molar-refractivity contribution < 1.29 is 9.84 Å². The van der Waals surface area contributed by atoms with E-state index in [9.17, 15) is 5.11 Å². The van der Waals surface area contributed by atoms with Crippen LogP contribution in [0.2, 0.25) is 0 Å². The molecule has 2 aromatic rings. The van der Waals surface area contributed by atoms with Gasteiger partial charge in [0.15, 0.2) is 0 Å². The van der Waals surface area contributed by atoms with E-state index in [-0.39, 0.29) is 6.10 Å². The Morgan fingerprint density at radius 1 is 1.05 bits per heavy atom. The molecule has 98 valence electrons. The smallest absolute Gasteiger partial charge is 0.127 e. The van der Waals surface area contributed by atoms with Crippen LogP contribution in [0.1, 0.15) is 18.1 Å². The SMILES string of the molecule is OC(CC1CS1)c1ccc(Oc2ccccc2)cc1. The second-order valence-corrected chi connectivity index (χ2v) is 6.02. The number of ether oxygens (including phenoxy) is 1. The lowest BCUT2D eigenvalue weighted by molar-refractivity contribution is 0.170. The number of benzene rings is 2. The van der Waals surface area contributed by atoms with Crippen LogP contribution < -0.4 is 4.74 Å². The van der Waals surface area contributed by atoms with E-state index in [0.29, 0.717) is 5.25 Å². The first-order valence-corrected chi connectivity index (χ1v) is 7.49. The molecule has 19 heavy (non-hydrogen) atoms. The summed E-state index contributed by atoms with van der Waals surface area (Å²) in [4.78, 5) is 0. The van der Waals surface area contributed by atoms with Gasteiger partial charge in [0.2, 0.25) is 0 Å². The van der Waals surface area contributed by atoms with E-state index in [1.165, 1.54) is 5.75 Å². The molecule has 0 saturated carbocycles. The van der Waals surface area contributed by atoms with Gasteiger partial charge in [-0.05, 0) is 36.2 Å². The Morgan fingerprint density at radius 3 is 2.32 bits per heavy atom. The van der Waals surface area contributed by atoms with Gasteiger partial charge in [-0.25, -0.2) is 0 Å². The van der Waals surface area contributed by atoms with Crippen LogP contribution in [0.4, 0.5) is 0 Å². The molecule has 0 aliphatic carbocycles. The molecule has 0 amide bonds. The molecule has 2 atom stereocenters. The number of rotatable bonds is 5. The summed E-state index contributed by atoms with van der Waals surface area (Å²) >= 11 is 1.91. The number of aliphatic hydroxyl groups excluding tert-OH is 1. The molecule has 2 nitrogen and oxygen atoms in total. The van der Waals surface area contributed by atoms with Gasteiger partial charge in [-0.2, -0.15) is 11.8 Å². The predicted octanol–water partition coefficient (Wildman–Crippen LogP) is 4.02. The predicted molar refractivity (Wildman–Crippen MR) is 78.8 cm³/mol. The summed E-state index contributed by atoms with van der Waals surface area (Å²) in [6, 6.07) is 17.4. The average molecular weight is 272 g/mol. The summed E-state index contributed by atoms with van der Waals surface area (Å²) in [6.45, 7) is 0. The van der Waals surface area contributed by atoms with Gasteiger partial charge in [0.25, 0.3) is 0 Å². The van der Waals surface area contributed by atoms with Gasteiger partial charge in [0.05, 0.1) is 6.10 Å². The Labute approximate surface area is 117 Å². The van der Waals surface area contributed by atoms with Crippen molar-refractivity contribution in [2.45, 2.75) is 17.8 Å². The monoisotopic (exact) mass is 272 g/mol. The third-order valence-electron chi connectivity index (χ3n) is 3.13. The highest BCUT2D eigenvalue weighted by molar-refractivity contribution is 8.06. The first-order chi connectivity index (χ1) is 9.31. The van der Waals surface area contributed by atoms with Crippen molar-refractivity contribution in [2.75, 3.05) is 5.75 Å². The Bertz CT molecular complexity index is 520. The maximum atomic E-state index is 10.1. The van der Waals surface area contributed by atoms with Crippen molar-refractivity contribution in [2.24, 2.45) is 0 Å². The van der Waals surface area contributed by atoms with Crippen LogP contribution in [0.25, 0.3) is 0 Å². The van der Waals surface area contributed by atoms with E-state index in [2.05, 4.69) is 0 Å². The summed E-state index contributed by atoms with van der Waals surface area (Å²) in [5.74, 6) is 2.81. The van der Waals surface area contributed by atoms with Crippen LogP contribution in [-0.4, -0.2) is 16.1 Å². The van der Waals surface area contributed by atoms with Crippen LogP contribution >= 0.6 is 11.8 Å². The Kier molecular flexibility index (Phi) is 3.76. The van der Waals surface area contributed by atoms with Crippen LogP contribution in [0.5, 0.6) is 11.5 Å². The molecule has 1 fully saturated rings. The molecule has 2 unspecified atom stereocenters. The van der Waals surface area contributed by atoms with Gasteiger partial charge < -0.3 is 9.84 Å². The molecule has 3 rings (SSSR count). The van der Waals surface area contributed by atoms with E-state index in [1.807, 2.05) is 66.4 Å². The summed E-state index contributed by atoms with van der Waals surface area (Å²) in [5.41, 5.74) is 0.966. The molecule has 0 aromatic heterocycles. The molecule has 0 bridgehead atoms. The quantitative estimate of drug-likeness (QED) is 0.834. The van der Waals surface area contributed by atoms with Gasteiger partial charge >= 0.3 is 0 Å². The van der Waals surface area contributed by atoms with Crippen molar-refractivity contribution >= 4 is 11.8 Å². The second kappa shape index (κ2) is 5.68. The number of hydrogen-bond donors (Lipinski definition) is 1. The number of hydrogen-bond acceptors (Lipinski definition) is 3. The molecule has 1 aliphatic rings. The molecular weight excluding hydrogens is 256 g/mol. The highest BCUT2D eigenvalue weighted by Gasteiger charge is 2.26. The van der Waals surface area contributed by atoms with Crippen molar-refractivity contribution in [3.05, 3.63) is 60.2 Å². The zero-order valence-corrected chi connectivity index (χ0v) is 11.3. The van der Waals surface area contributed by atoms with Gasteiger partial charge in [-0.15, -0.1) is 0 Å². The fourth-order valence-corrected chi connectivity index (χ4v) is 2.56. The minimum atomic E-state index is -0.356. The van der Waals surface area contributed by atoms with Crippen LogP contribution in [0, 0.1) is 0 Å². The van der Waals surface area contributed by atoms with Gasteiger partial charge in [0.1, 0.15) is 11.5 Å². The van der Waals surface area contributed by atoms with Gasteiger partial charge in [0, 0.05) is 11.0 Å². The highest BCUT2D eigenvalue weighted by Crippen LogP contribution is 2.37. The van der Waals surface area contributed by atoms with Crippen LogP contribution in [-0.2, 0) is 0 Å². The van der Waals surface area contributed by atoms with Crippen LogP contribution in [0.15, 0.2) is 54.6 Å². The maximum Gasteiger partial charge on any atom is 0.127 e. The molecular formula is C16H16O2S. The third-order valence-corrected chi connectivity index (χ3v) is 4.13. The normalized spacial score (nSPS) is 18.9. The molecule has 0 spiro atoms. The minimum absolute atomic E-state index is 0.356. The lowest BCUT2D eigenvalue weighted by atomic mass is 10.1. The van der Waals surface area contributed by atoms with Gasteiger partial charge in [-0.3, -0.25) is 0 Å². The third kappa shape index (κ3) is 3.52. The van der Waals surface area contributed by atoms with Crippen molar-refractivity contribution in [1.29, 1.82) is 0 Å². The Balaban J connectivity index is 1.64. The lowest BCUT2D eigenvalue weighted by Crippen LogP contribution is -2.00. The van der Waals surface area contributed by atoms with E-state index in [1.54, 1.807) is 0 Å². The summed E-state index contributed by atoms with van der Waals surface area (Å²) < 4.78 is 5.72. The Morgan fingerprint density at radius 2 is 1.68 bits per heavy atom. The number of para-hydroxylation sites is 1. The average Bonchev–Trinajstić information content (AvgIpc) is 3.25. The fraction of sp³-hybridized carbons (Fsp3) is 0.250. The first-order valence-electron chi connectivity index (χ1n) is 6.44. The van der Waals surface area contributed by atoms with E-state index < -0.39 is 0 Å². The minimum Gasteiger partial charge on any atom is -0.457 e. The first kappa shape index (κ1) is 12.6. The molecule has 3 heteroatoms. The van der Waals surface area contributed by atoms with Crippen molar-refractivity contribution in [1.82, 2.24) is 0 Å². The molecule has 1 heterocycles. The second-order valence-electron chi connectivity index (χ2n) is 4.69. The Hall–Kier alpha value is -1.45. The van der Waals surface area contributed by atoms with E-state index in [4.69, 9.17) is 4.74 Å². The molecule has 0 radical (unpaired) electrons. The zero-order chi connectivity index (χ0) is 13.1. The van der Waals surface area contributed by atoms with Crippen LogP contribution in [0.3, 0.4) is 0 Å². The highest BCUT2D eigenvalue weighted by atomic mass is 32.2. The topological polar surface area (TPSA) is 29.5 Å². The van der Waals surface area contributed by atoms with Crippen molar-refractivity contribution in [3.63, 3.8) is 0 Å². The van der Waals surface area contributed by atoms with E-state index >= 15 is 0 Å². The summed E-state index contributed by atoms with van der Waals surface area (Å²) in [5, 5.41) is 10.7.